The molecule has 0 unspecified atom stereocenters. The number of nitrogens with one attached hydrogen (secondary N) is 3. The number of hydrogen-bond acceptors (Lipinski definition) is 6. The predicted molar refractivity (Wildman–Crippen MR) is 140 cm³/mol. The van der Waals surface area contributed by atoms with Gasteiger partial charge in [0.05, 0.1) is 34.4 Å². The fourth-order valence-electron chi connectivity index (χ4n) is 4.98. The zero-order valence-corrected chi connectivity index (χ0v) is 23.7. The van der Waals surface area contributed by atoms with E-state index in [1.54, 1.807) is 18.2 Å². The summed E-state index contributed by atoms with van der Waals surface area (Å²) in [5, 5.41) is 12.8. The standard InChI is InChI=1S/C28H32F6N6O3/c1-13(27(29,30)31)10-20(41)38-21(14-4-5-14)16-8-9-17-18(11-16)36-24(35-17)19(12-26(2,3)28(32,33)34)37-25(42)23-22(15-6-7-15)39-43-40-23/h8-9,11,13-15,19,21H,4-7,10,12H2,1-3H3,(H,35,36)(H,37,42)(H,38,41)/t13-,19-,21+/m0/s1. The summed E-state index contributed by atoms with van der Waals surface area (Å²) in [5.74, 6) is -3.13. The summed E-state index contributed by atoms with van der Waals surface area (Å²) in [4.78, 5) is 33.1. The molecule has 234 valence electrons. The second-order valence-electron chi connectivity index (χ2n) is 12.3. The average Bonchev–Trinajstić information content (AvgIpc) is 3.83. The summed E-state index contributed by atoms with van der Waals surface area (Å²) in [6.07, 6.45) is -7.15. The molecule has 0 radical (unpaired) electrons. The van der Waals surface area contributed by atoms with Crippen molar-refractivity contribution in [2.75, 3.05) is 0 Å². The van der Waals surface area contributed by atoms with Crippen LogP contribution in [0.3, 0.4) is 0 Å². The molecule has 2 fully saturated rings. The molecule has 3 N–H and O–H groups in total. The molecule has 2 saturated carbocycles. The van der Waals surface area contributed by atoms with Gasteiger partial charge in [0.2, 0.25) is 5.91 Å². The first-order valence-corrected chi connectivity index (χ1v) is 14.1. The Morgan fingerprint density at radius 1 is 1.05 bits per heavy atom. The SMILES string of the molecule is C[C@@H](CC(=O)N[C@@H](c1ccc2nc([C@H](CC(C)(C)C(F)(F)F)NC(=O)c3nonc3C3CC3)[nH]c2c1)C1CC1)C(F)(F)F. The first-order chi connectivity index (χ1) is 20.0. The van der Waals surface area contributed by atoms with Crippen LogP contribution in [0.5, 0.6) is 0 Å². The van der Waals surface area contributed by atoms with Gasteiger partial charge in [-0.15, -0.1) is 0 Å². The average molecular weight is 615 g/mol. The number of halogens is 6. The van der Waals surface area contributed by atoms with E-state index in [9.17, 15) is 35.9 Å². The number of fused-ring (bicyclic) bond motifs is 1. The monoisotopic (exact) mass is 614 g/mol. The van der Waals surface area contributed by atoms with Crippen LogP contribution in [0.4, 0.5) is 26.3 Å². The minimum absolute atomic E-state index is 0.0123. The van der Waals surface area contributed by atoms with Gasteiger partial charge in [0.1, 0.15) is 11.5 Å². The summed E-state index contributed by atoms with van der Waals surface area (Å²) < 4.78 is 85.4. The molecule has 2 aliphatic rings. The van der Waals surface area contributed by atoms with Crippen molar-refractivity contribution in [1.82, 2.24) is 30.9 Å². The van der Waals surface area contributed by atoms with Crippen LogP contribution in [0.1, 0.15) is 105 Å². The molecule has 9 nitrogen and oxygen atoms in total. The molecular formula is C28H32F6N6O3. The van der Waals surface area contributed by atoms with Crippen molar-refractivity contribution >= 4 is 22.8 Å². The van der Waals surface area contributed by atoms with Crippen molar-refractivity contribution in [2.45, 2.75) is 89.7 Å². The maximum Gasteiger partial charge on any atom is 0.394 e. The largest absolute Gasteiger partial charge is 0.394 e. The van der Waals surface area contributed by atoms with E-state index in [4.69, 9.17) is 4.63 Å². The first kappa shape index (κ1) is 30.8. The zero-order valence-electron chi connectivity index (χ0n) is 23.7. The number of carbonyl (C=O) groups excluding carboxylic acids is 2. The van der Waals surface area contributed by atoms with E-state index in [1.165, 1.54) is 0 Å². The topological polar surface area (TPSA) is 126 Å². The van der Waals surface area contributed by atoms with Crippen LogP contribution in [0.2, 0.25) is 0 Å². The Kier molecular flexibility index (Phi) is 7.97. The van der Waals surface area contributed by atoms with Gasteiger partial charge >= 0.3 is 12.4 Å². The number of H-pyrrole nitrogens is 1. The van der Waals surface area contributed by atoms with Crippen molar-refractivity contribution in [3.8, 4) is 0 Å². The van der Waals surface area contributed by atoms with Gasteiger partial charge in [-0.3, -0.25) is 9.59 Å². The number of aromatic nitrogens is 4. The van der Waals surface area contributed by atoms with Crippen molar-refractivity contribution in [3.63, 3.8) is 0 Å². The van der Waals surface area contributed by atoms with Crippen LogP contribution in [0.25, 0.3) is 11.0 Å². The smallest absolute Gasteiger partial charge is 0.349 e. The molecule has 2 amide bonds. The number of carbonyl (C=O) groups is 2. The fourth-order valence-corrected chi connectivity index (χ4v) is 4.98. The van der Waals surface area contributed by atoms with E-state index < -0.39 is 60.4 Å². The highest BCUT2D eigenvalue weighted by Crippen LogP contribution is 2.45. The fraction of sp³-hybridized carbons (Fsp3) is 0.607. The molecule has 2 aromatic heterocycles. The third-order valence-corrected chi connectivity index (χ3v) is 8.15. The first-order valence-electron chi connectivity index (χ1n) is 14.1. The Morgan fingerprint density at radius 2 is 1.74 bits per heavy atom. The molecule has 3 aromatic rings. The highest BCUT2D eigenvalue weighted by Gasteiger charge is 2.49. The summed E-state index contributed by atoms with van der Waals surface area (Å²) in [6, 6.07) is 3.23. The molecule has 3 atom stereocenters. The number of rotatable bonds is 11. The third kappa shape index (κ3) is 6.96. The van der Waals surface area contributed by atoms with Crippen LogP contribution in [-0.4, -0.2) is 44.4 Å². The molecular weight excluding hydrogens is 582 g/mol. The van der Waals surface area contributed by atoms with Gasteiger partial charge in [0.25, 0.3) is 5.91 Å². The van der Waals surface area contributed by atoms with Crippen molar-refractivity contribution in [3.05, 3.63) is 41.0 Å². The number of nitrogens with zero attached hydrogens (tertiary/aromatic N) is 3. The molecule has 15 heteroatoms. The van der Waals surface area contributed by atoms with Crippen LogP contribution < -0.4 is 10.6 Å². The maximum absolute atomic E-state index is 13.9. The highest BCUT2D eigenvalue weighted by atomic mass is 19.4. The molecule has 0 aliphatic heterocycles. The lowest BCUT2D eigenvalue weighted by atomic mass is 9.84. The minimum Gasteiger partial charge on any atom is -0.349 e. The molecule has 2 heterocycles. The van der Waals surface area contributed by atoms with Gasteiger partial charge in [-0.1, -0.05) is 32.0 Å². The Morgan fingerprint density at radius 3 is 2.35 bits per heavy atom. The second kappa shape index (κ2) is 11.1. The van der Waals surface area contributed by atoms with E-state index in [0.717, 1.165) is 46.5 Å². The molecule has 0 saturated heterocycles. The third-order valence-electron chi connectivity index (χ3n) is 8.15. The van der Waals surface area contributed by atoms with Gasteiger partial charge in [-0.25, -0.2) is 9.61 Å². The van der Waals surface area contributed by atoms with Crippen LogP contribution in [0, 0.1) is 17.3 Å². The predicted octanol–water partition coefficient (Wildman–Crippen LogP) is 6.43. The van der Waals surface area contributed by atoms with Gasteiger partial charge in [-0.2, -0.15) is 26.3 Å². The lowest BCUT2D eigenvalue weighted by molar-refractivity contribution is -0.215. The molecule has 0 bridgehead atoms. The zero-order chi connectivity index (χ0) is 31.3. The van der Waals surface area contributed by atoms with E-state index in [-0.39, 0.29) is 23.4 Å². The van der Waals surface area contributed by atoms with Crippen LogP contribution >= 0.6 is 0 Å². The molecule has 0 spiro atoms. The minimum atomic E-state index is -4.58. The number of aromatic amines is 1. The van der Waals surface area contributed by atoms with Gasteiger partial charge in [0.15, 0.2) is 5.69 Å². The van der Waals surface area contributed by atoms with Crippen molar-refractivity contribution in [2.24, 2.45) is 17.3 Å². The number of benzene rings is 1. The van der Waals surface area contributed by atoms with E-state index >= 15 is 0 Å². The lowest BCUT2D eigenvalue weighted by Crippen LogP contribution is -2.39. The van der Waals surface area contributed by atoms with Crippen molar-refractivity contribution < 1.29 is 40.6 Å². The van der Waals surface area contributed by atoms with E-state index in [2.05, 4.69) is 30.9 Å². The molecule has 1 aromatic carbocycles. The Balaban J connectivity index is 1.41. The highest BCUT2D eigenvalue weighted by molar-refractivity contribution is 5.93. The van der Waals surface area contributed by atoms with Gasteiger partial charge in [-0.05, 0) is 60.9 Å². The van der Waals surface area contributed by atoms with E-state index in [0.29, 0.717) is 22.3 Å². The lowest BCUT2D eigenvalue weighted by Gasteiger charge is -2.31. The van der Waals surface area contributed by atoms with Gasteiger partial charge in [0, 0.05) is 12.3 Å². The Labute approximate surface area is 242 Å². The normalized spacial score (nSPS) is 18.3. The maximum atomic E-state index is 13.9. The van der Waals surface area contributed by atoms with Gasteiger partial charge < -0.3 is 15.6 Å². The number of hydrogen-bond donors (Lipinski definition) is 3. The number of alkyl halides is 6. The Bertz CT molecular complexity index is 1490. The van der Waals surface area contributed by atoms with Crippen LogP contribution in [0.15, 0.2) is 22.8 Å². The molecule has 2 aliphatic carbocycles. The summed E-state index contributed by atoms with van der Waals surface area (Å²) in [7, 11) is 0. The quantitative estimate of drug-likeness (QED) is 0.214. The van der Waals surface area contributed by atoms with Crippen LogP contribution in [-0.2, 0) is 4.79 Å². The van der Waals surface area contributed by atoms with E-state index in [1.807, 2.05) is 0 Å². The number of amides is 2. The molecule has 43 heavy (non-hydrogen) atoms. The summed E-state index contributed by atoms with van der Waals surface area (Å²) in [5.41, 5.74) is -0.474. The second-order valence-corrected chi connectivity index (χ2v) is 12.3. The molecule has 5 rings (SSSR count). The van der Waals surface area contributed by atoms with Crippen molar-refractivity contribution in [1.29, 1.82) is 0 Å². The summed E-state index contributed by atoms with van der Waals surface area (Å²) in [6.45, 7) is 3.01. The Hall–Kier alpha value is -3.65. The summed E-state index contributed by atoms with van der Waals surface area (Å²) >= 11 is 0. The number of imidazole rings is 1.